The number of hydrogen-bond donors (Lipinski definition) is 1. The van der Waals surface area contributed by atoms with Crippen molar-refractivity contribution < 1.29 is 19.1 Å². The van der Waals surface area contributed by atoms with Gasteiger partial charge in [0.1, 0.15) is 6.54 Å². The van der Waals surface area contributed by atoms with Crippen molar-refractivity contribution in [1.82, 2.24) is 14.5 Å². The molecule has 1 aliphatic carbocycles. The number of imidazole rings is 1. The minimum Gasteiger partial charge on any atom is -0.493 e. The first-order chi connectivity index (χ1) is 18.9. The normalized spacial score (nSPS) is 12.6. The SMILES string of the molecule is COc1ccc(-n2cc(-c3ccc(Cl)cc3)nc2NC(=O)CN(CC2CC2)C(=O)c2ccccc2)cc1OC. The molecule has 0 radical (unpaired) electrons. The largest absolute Gasteiger partial charge is 0.493 e. The highest BCUT2D eigenvalue weighted by atomic mass is 35.5. The predicted octanol–water partition coefficient (Wildman–Crippen LogP) is 5.70. The van der Waals surface area contributed by atoms with Gasteiger partial charge in [0.15, 0.2) is 11.5 Å². The van der Waals surface area contributed by atoms with Crippen molar-refractivity contribution in [2.45, 2.75) is 12.8 Å². The van der Waals surface area contributed by atoms with E-state index in [1.54, 1.807) is 60.1 Å². The lowest BCUT2D eigenvalue weighted by Gasteiger charge is -2.22. The molecule has 1 heterocycles. The van der Waals surface area contributed by atoms with E-state index < -0.39 is 0 Å². The van der Waals surface area contributed by atoms with E-state index in [1.165, 1.54) is 0 Å². The Morgan fingerprint density at radius 2 is 1.72 bits per heavy atom. The zero-order valence-electron chi connectivity index (χ0n) is 21.8. The molecule has 1 fully saturated rings. The molecule has 1 N–H and O–H groups in total. The third kappa shape index (κ3) is 6.23. The Hall–Kier alpha value is -4.30. The summed E-state index contributed by atoms with van der Waals surface area (Å²) < 4.78 is 12.6. The molecule has 200 valence electrons. The highest BCUT2D eigenvalue weighted by Crippen LogP contribution is 2.33. The first-order valence-electron chi connectivity index (χ1n) is 12.7. The van der Waals surface area contributed by atoms with Gasteiger partial charge in [-0.1, -0.05) is 41.9 Å². The number of anilines is 1. The average Bonchev–Trinajstić information content (AvgIpc) is 3.69. The van der Waals surface area contributed by atoms with Gasteiger partial charge in [0.25, 0.3) is 5.91 Å². The smallest absolute Gasteiger partial charge is 0.254 e. The summed E-state index contributed by atoms with van der Waals surface area (Å²) in [6.45, 7) is 0.459. The average molecular weight is 545 g/mol. The molecule has 0 unspecified atom stereocenters. The first-order valence-corrected chi connectivity index (χ1v) is 13.0. The van der Waals surface area contributed by atoms with Gasteiger partial charge in [0.05, 0.1) is 25.6 Å². The predicted molar refractivity (Wildman–Crippen MR) is 151 cm³/mol. The van der Waals surface area contributed by atoms with Gasteiger partial charge in [-0.2, -0.15) is 0 Å². The van der Waals surface area contributed by atoms with Crippen LogP contribution >= 0.6 is 11.6 Å². The Kier molecular flexibility index (Phi) is 7.84. The summed E-state index contributed by atoms with van der Waals surface area (Å²) in [5.74, 6) is 1.36. The summed E-state index contributed by atoms with van der Waals surface area (Å²) in [5.41, 5.74) is 2.75. The molecule has 39 heavy (non-hydrogen) atoms. The van der Waals surface area contributed by atoms with Crippen molar-refractivity contribution in [3.63, 3.8) is 0 Å². The zero-order valence-corrected chi connectivity index (χ0v) is 22.5. The van der Waals surface area contributed by atoms with Crippen molar-refractivity contribution in [3.05, 3.63) is 89.6 Å². The highest BCUT2D eigenvalue weighted by molar-refractivity contribution is 6.30. The second-order valence-corrected chi connectivity index (χ2v) is 9.85. The van der Waals surface area contributed by atoms with Gasteiger partial charge in [-0.25, -0.2) is 4.98 Å². The molecule has 5 rings (SSSR count). The Bertz CT molecular complexity index is 1470. The Morgan fingerprint density at radius 1 is 1.00 bits per heavy atom. The van der Waals surface area contributed by atoms with Crippen LogP contribution in [0.4, 0.5) is 5.95 Å². The van der Waals surface area contributed by atoms with E-state index in [9.17, 15) is 9.59 Å². The second-order valence-electron chi connectivity index (χ2n) is 9.41. The topological polar surface area (TPSA) is 85.7 Å². The molecule has 0 saturated heterocycles. The number of amides is 2. The molecule has 2 amide bonds. The van der Waals surface area contributed by atoms with Crippen LogP contribution in [0.5, 0.6) is 11.5 Å². The quantitative estimate of drug-likeness (QED) is 0.277. The third-order valence-corrected chi connectivity index (χ3v) is 6.81. The number of ether oxygens (including phenoxy) is 2. The van der Waals surface area contributed by atoms with Gasteiger partial charge < -0.3 is 14.4 Å². The summed E-state index contributed by atoms with van der Waals surface area (Å²) in [6, 6.07) is 21.8. The van der Waals surface area contributed by atoms with Gasteiger partial charge in [-0.15, -0.1) is 0 Å². The lowest BCUT2D eigenvalue weighted by atomic mass is 10.2. The van der Waals surface area contributed by atoms with Crippen molar-refractivity contribution in [2.24, 2.45) is 5.92 Å². The maximum absolute atomic E-state index is 13.3. The molecule has 8 nitrogen and oxygen atoms in total. The van der Waals surface area contributed by atoms with Crippen molar-refractivity contribution >= 4 is 29.4 Å². The van der Waals surface area contributed by atoms with Gasteiger partial charge in [-0.3, -0.25) is 19.5 Å². The number of rotatable bonds is 10. The Balaban J connectivity index is 1.44. The lowest BCUT2D eigenvalue weighted by molar-refractivity contribution is -0.117. The molecule has 1 saturated carbocycles. The minimum absolute atomic E-state index is 0.0840. The molecule has 0 bridgehead atoms. The number of halogens is 1. The van der Waals surface area contributed by atoms with E-state index in [0.29, 0.717) is 51.9 Å². The highest BCUT2D eigenvalue weighted by Gasteiger charge is 2.29. The number of hydrogen-bond acceptors (Lipinski definition) is 5. The van der Waals surface area contributed by atoms with Gasteiger partial charge in [0.2, 0.25) is 11.9 Å². The molecule has 4 aromatic rings. The van der Waals surface area contributed by atoms with Crippen LogP contribution in [0.2, 0.25) is 5.02 Å². The maximum Gasteiger partial charge on any atom is 0.254 e. The van der Waals surface area contributed by atoms with Crippen molar-refractivity contribution in [3.8, 4) is 28.4 Å². The fourth-order valence-electron chi connectivity index (χ4n) is 4.33. The number of nitrogens with zero attached hydrogens (tertiary/aromatic N) is 3. The van der Waals surface area contributed by atoms with Crippen LogP contribution in [0.1, 0.15) is 23.2 Å². The van der Waals surface area contributed by atoms with Crippen molar-refractivity contribution in [2.75, 3.05) is 32.6 Å². The fraction of sp³-hybridized carbons (Fsp3) is 0.233. The Labute approximate surface area is 232 Å². The maximum atomic E-state index is 13.3. The summed E-state index contributed by atoms with van der Waals surface area (Å²) in [4.78, 5) is 32.9. The van der Waals surface area contributed by atoms with Gasteiger partial charge in [-0.05, 0) is 55.2 Å². The van der Waals surface area contributed by atoms with Crippen LogP contribution < -0.4 is 14.8 Å². The van der Waals surface area contributed by atoms with E-state index in [4.69, 9.17) is 26.1 Å². The summed E-state index contributed by atoms with van der Waals surface area (Å²) >= 11 is 6.08. The van der Waals surface area contributed by atoms with Crippen LogP contribution in [-0.2, 0) is 4.79 Å². The van der Waals surface area contributed by atoms with E-state index in [1.807, 2.05) is 42.6 Å². The van der Waals surface area contributed by atoms with Gasteiger partial charge >= 0.3 is 0 Å². The van der Waals surface area contributed by atoms with Crippen molar-refractivity contribution in [1.29, 1.82) is 0 Å². The molecule has 1 aliphatic rings. The number of carbonyl (C=O) groups excluding carboxylic acids is 2. The number of aromatic nitrogens is 2. The zero-order chi connectivity index (χ0) is 27.4. The molecule has 0 spiro atoms. The third-order valence-electron chi connectivity index (χ3n) is 6.56. The number of benzene rings is 3. The molecule has 0 aliphatic heterocycles. The second kappa shape index (κ2) is 11.6. The van der Waals surface area contributed by atoms with Gasteiger partial charge in [0, 0.05) is 35.0 Å². The van der Waals surface area contributed by atoms with Crippen LogP contribution in [0.15, 0.2) is 79.0 Å². The first kappa shape index (κ1) is 26.3. The fourth-order valence-corrected chi connectivity index (χ4v) is 4.46. The molecule has 1 aromatic heterocycles. The minimum atomic E-state index is -0.338. The standard InChI is InChI=1S/C30H29ClN4O4/c1-38-26-15-14-24(16-27(26)39-2)35-18-25(21-10-12-23(31)13-11-21)32-30(35)33-28(36)19-34(17-20-8-9-20)29(37)22-6-4-3-5-7-22/h3-7,10-16,18,20H,8-9,17,19H2,1-2H3,(H,32,33,36). The van der Waals surface area contributed by atoms with Crippen LogP contribution in [0, 0.1) is 5.92 Å². The Morgan fingerprint density at radius 3 is 2.38 bits per heavy atom. The monoisotopic (exact) mass is 544 g/mol. The van der Waals surface area contributed by atoms with Crippen LogP contribution in [0.25, 0.3) is 16.9 Å². The van der Waals surface area contributed by atoms with E-state index in [0.717, 1.165) is 18.4 Å². The van der Waals surface area contributed by atoms with Crippen LogP contribution in [-0.4, -0.2) is 53.6 Å². The number of methoxy groups -OCH3 is 2. The lowest BCUT2D eigenvalue weighted by Crippen LogP contribution is -2.39. The number of carbonyl (C=O) groups is 2. The van der Waals surface area contributed by atoms with E-state index >= 15 is 0 Å². The molecule has 9 heteroatoms. The molecular weight excluding hydrogens is 516 g/mol. The van der Waals surface area contributed by atoms with E-state index in [-0.39, 0.29) is 18.4 Å². The molecule has 3 aromatic carbocycles. The van der Waals surface area contributed by atoms with Crippen LogP contribution in [0.3, 0.4) is 0 Å². The summed E-state index contributed by atoms with van der Waals surface area (Å²) in [7, 11) is 3.14. The van der Waals surface area contributed by atoms with E-state index in [2.05, 4.69) is 5.32 Å². The molecule has 0 atom stereocenters. The summed E-state index contributed by atoms with van der Waals surface area (Å²) in [5, 5.41) is 3.54. The molecular formula is C30H29ClN4O4. The number of nitrogens with one attached hydrogen (secondary N) is 1. The summed E-state index contributed by atoms with van der Waals surface area (Å²) in [6.07, 6.45) is 3.96.